The van der Waals surface area contributed by atoms with Crippen molar-refractivity contribution in [2.24, 2.45) is 0 Å². The summed E-state index contributed by atoms with van der Waals surface area (Å²) in [5.41, 5.74) is 0.136. The van der Waals surface area contributed by atoms with Gasteiger partial charge in [-0.2, -0.15) is 0 Å². The number of rotatable bonds is 6. The van der Waals surface area contributed by atoms with Gasteiger partial charge in [-0.25, -0.2) is 14.4 Å². The van der Waals surface area contributed by atoms with Crippen LogP contribution in [0.15, 0.2) is 36.4 Å². The molecule has 0 bridgehead atoms. The van der Waals surface area contributed by atoms with Crippen LogP contribution >= 0.6 is 0 Å². The molecule has 0 aliphatic carbocycles. The summed E-state index contributed by atoms with van der Waals surface area (Å²) in [6.45, 7) is 3.75. The lowest BCUT2D eigenvalue weighted by Gasteiger charge is -2.07. The Morgan fingerprint density at radius 1 is 0.952 bits per heavy atom. The maximum Gasteiger partial charge on any atom is 0.341 e. The molecule has 6 heteroatoms. The number of hydrogen-bond donors (Lipinski definition) is 0. The molecule has 1 aromatic carbocycles. The lowest BCUT2D eigenvalue weighted by molar-refractivity contribution is -0.138. The number of benzene rings is 1. The second kappa shape index (κ2) is 8.52. The van der Waals surface area contributed by atoms with Gasteiger partial charge in [-0.15, -0.1) is 0 Å². The molecule has 6 nitrogen and oxygen atoms in total. The largest absolute Gasteiger partial charge is 0.463 e. The average molecular weight is 292 g/mol. The molecule has 0 aliphatic rings. The van der Waals surface area contributed by atoms with E-state index < -0.39 is 17.9 Å². The molecule has 0 amide bonds. The third-order valence-electron chi connectivity index (χ3n) is 2.24. The van der Waals surface area contributed by atoms with Crippen molar-refractivity contribution in [3.05, 3.63) is 42.0 Å². The first kappa shape index (κ1) is 16.4. The molecule has 0 aromatic heterocycles. The van der Waals surface area contributed by atoms with Crippen LogP contribution in [0.3, 0.4) is 0 Å². The van der Waals surface area contributed by atoms with Crippen LogP contribution in [0.4, 0.5) is 0 Å². The number of esters is 3. The Balaban J connectivity index is 2.76. The molecule has 0 saturated heterocycles. The Hall–Kier alpha value is -2.63. The summed E-state index contributed by atoms with van der Waals surface area (Å²) in [6.07, 6.45) is 1.89. The van der Waals surface area contributed by atoms with Gasteiger partial charge in [0, 0.05) is 12.2 Å². The fourth-order valence-corrected chi connectivity index (χ4v) is 1.40. The predicted octanol–water partition coefficient (Wildman–Crippen LogP) is 1.89. The van der Waals surface area contributed by atoms with Gasteiger partial charge in [0.1, 0.15) is 11.3 Å². The molecule has 0 N–H and O–H groups in total. The molecule has 0 aliphatic heterocycles. The Morgan fingerprint density at radius 3 is 2.24 bits per heavy atom. The number of para-hydroxylation sites is 1. The summed E-state index contributed by atoms with van der Waals surface area (Å²) in [5.74, 6) is -1.96. The first-order valence-corrected chi connectivity index (χ1v) is 6.41. The molecule has 0 atom stereocenters. The summed E-state index contributed by atoms with van der Waals surface area (Å²) < 4.78 is 14.5. The van der Waals surface area contributed by atoms with Crippen molar-refractivity contribution >= 4 is 17.9 Å². The van der Waals surface area contributed by atoms with E-state index in [2.05, 4.69) is 4.74 Å². The zero-order chi connectivity index (χ0) is 15.7. The van der Waals surface area contributed by atoms with E-state index in [9.17, 15) is 14.4 Å². The molecule has 0 radical (unpaired) electrons. The third kappa shape index (κ3) is 5.48. The van der Waals surface area contributed by atoms with Crippen molar-refractivity contribution in [3.8, 4) is 5.75 Å². The van der Waals surface area contributed by atoms with Gasteiger partial charge in [-0.3, -0.25) is 0 Å². The third-order valence-corrected chi connectivity index (χ3v) is 2.24. The van der Waals surface area contributed by atoms with E-state index in [1.54, 1.807) is 26.0 Å². The van der Waals surface area contributed by atoms with Crippen LogP contribution in [0.25, 0.3) is 0 Å². The maximum absolute atomic E-state index is 11.7. The van der Waals surface area contributed by atoms with Gasteiger partial charge in [0.05, 0.1) is 13.2 Å². The molecule has 0 heterocycles. The minimum atomic E-state index is -0.792. The molecule has 0 spiro atoms. The monoisotopic (exact) mass is 292 g/mol. The van der Waals surface area contributed by atoms with Crippen LogP contribution in [-0.4, -0.2) is 31.1 Å². The summed E-state index contributed by atoms with van der Waals surface area (Å²) in [6, 6.07) is 6.18. The van der Waals surface area contributed by atoms with E-state index in [0.29, 0.717) is 0 Å². The standard InChI is InChI=1S/C15H16O6/c1-3-19-13(16)9-10-14(17)21-12-8-6-5-7-11(12)15(18)20-4-2/h5-10H,3-4H2,1-2H3/b10-9+. The predicted molar refractivity (Wildman–Crippen MR) is 73.8 cm³/mol. The van der Waals surface area contributed by atoms with Gasteiger partial charge in [-0.1, -0.05) is 12.1 Å². The normalized spacial score (nSPS) is 10.2. The second-order valence-electron chi connectivity index (χ2n) is 3.72. The summed E-state index contributed by atoms with van der Waals surface area (Å²) in [5, 5.41) is 0. The van der Waals surface area contributed by atoms with Crippen molar-refractivity contribution in [2.75, 3.05) is 13.2 Å². The first-order chi connectivity index (χ1) is 10.1. The molecule has 112 valence electrons. The Labute approximate surface area is 122 Å². The molecule has 0 unspecified atom stereocenters. The van der Waals surface area contributed by atoms with Gasteiger partial charge in [0.15, 0.2) is 0 Å². The van der Waals surface area contributed by atoms with Crippen molar-refractivity contribution in [1.82, 2.24) is 0 Å². The molecule has 21 heavy (non-hydrogen) atoms. The van der Waals surface area contributed by atoms with Gasteiger partial charge in [-0.05, 0) is 26.0 Å². The van der Waals surface area contributed by atoms with Crippen molar-refractivity contribution in [2.45, 2.75) is 13.8 Å². The Bertz CT molecular complexity index is 547. The zero-order valence-corrected chi connectivity index (χ0v) is 11.8. The lowest BCUT2D eigenvalue weighted by Crippen LogP contribution is -2.11. The minimum Gasteiger partial charge on any atom is -0.463 e. The minimum absolute atomic E-state index is 0.0643. The van der Waals surface area contributed by atoms with Crippen molar-refractivity contribution in [3.63, 3.8) is 0 Å². The molecular weight excluding hydrogens is 276 g/mol. The Kier molecular flexibility index (Phi) is 6.67. The quantitative estimate of drug-likeness (QED) is 0.452. The van der Waals surface area contributed by atoms with E-state index in [1.165, 1.54) is 12.1 Å². The van der Waals surface area contributed by atoms with Gasteiger partial charge in [0.25, 0.3) is 0 Å². The van der Waals surface area contributed by atoms with Gasteiger partial charge >= 0.3 is 17.9 Å². The zero-order valence-electron chi connectivity index (χ0n) is 11.8. The van der Waals surface area contributed by atoms with Gasteiger partial charge in [0.2, 0.25) is 0 Å². The van der Waals surface area contributed by atoms with E-state index in [1.807, 2.05) is 0 Å². The summed E-state index contributed by atoms with van der Waals surface area (Å²) >= 11 is 0. The number of hydrogen-bond acceptors (Lipinski definition) is 6. The van der Waals surface area contributed by atoms with Crippen LogP contribution in [0.2, 0.25) is 0 Å². The number of carbonyl (C=O) groups is 3. The van der Waals surface area contributed by atoms with E-state index in [4.69, 9.17) is 9.47 Å². The van der Waals surface area contributed by atoms with Crippen LogP contribution in [0.5, 0.6) is 5.75 Å². The van der Waals surface area contributed by atoms with Crippen molar-refractivity contribution < 1.29 is 28.6 Å². The van der Waals surface area contributed by atoms with E-state index in [0.717, 1.165) is 12.2 Å². The fraction of sp³-hybridized carbons (Fsp3) is 0.267. The lowest BCUT2D eigenvalue weighted by atomic mass is 10.2. The SMILES string of the molecule is CCOC(=O)/C=C/C(=O)Oc1ccccc1C(=O)OCC. The molecule has 0 saturated carbocycles. The van der Waals surface area contributed by atoms with Crippen LogP contribution in [0.1, 0.15) is 24.2 Å². The highest BCUT2D eigenvalue weighted by Crippen LogP contribution is 2.19. The topological polar surface area (TPSA) is 78.9 Å². The van der Waals surface area contributed by atoms with E-state index >= 15 is 0 Å². The number of ether oxygens (including phenoxy) is 3. The maximum atomic E-state index is 11.7. The highest BCUT2D eigenvalue weighted by molar-refractivity contribution is 5.96. The van der Waals surface area contributed by atoms with E-state index in [-0.39, 0.29) is 24.5 Å². The first-order valence-electron chi connectivity index (χ1n) is 6.41. The molecule has 1 rings (SSSR count). The van der Waals surface area contributed by atoms with Crippen LogP contribution in [0, 0.1) is 0 Å². The highest BCUT2D eigenvalue weighted by Gasteiger charge is 2.14. The van der Waals surface area contributed by atoms with Crippen LogP contribution < -0.4 is 4.74 Å². The average Bonchev–Trinajstić information content (AvgIpc) is 2.46. The highest BCUT2D eigenvalue weighted by atomic mass is 16.5. The Morgan fingerprint density at radius 2 is 1.57 bits per heavy atom. The fourth-order valence-electron chi connectivity index (χ4n) is 1.40. The van der Waals surface area contributed by atoms with Gasteiger partial charge < -0.3 is 14.2 Å². The molecule has 1 aromatic rings. The number of carbonyl (C=O) groups excluding carboxylic acids is 3. The second-order valence-corrected chi connectivity index (χ2v) is 3.72. The smallest absolute Gasteiger partial charge is 0.341 e. The van der Waals surface area contributed by atoms with Crippen LogP contribution in [-0.2, 0) is 19.1 Å². The summed E-state index contributed by atoms with van der Waals surface area (Å²) in [7, 11) is 0. The van der Waals surface area contributed by atoms with Crippen molar-refractivity contribution in [1.29, 1.82) is 0 Å². The molecule has 0 fully saturated rings. The summed E-state index contributed by atoms with van der Waals surface area (Å²) in [4.78, 5) is 34.3. The molecular formula is C15H16O6.